The Hall–Kier alpha value is -2.04. The van der Waals surface area contributed by atoms with E-state index in [1.807, 2.05) is 12.1 Å². The Labute approximate surface area is 109 Å². The van der Waals surface area contributed by atoms with Crippen LogP contribution >= 0.6 is 0 Å². The van der Waals surface area contributed by atoms with Crippen molar-refractivity contribution in [3.05, 3.63) is 59.9 Å². The van der Waals surface area contributed by atoms with Crippen LogP contribution in [0.2, 0.25) is 0 Å². The molecule has 0 saturated heterocycles. The number of aromatic nitrogens is 1. The Morgan fingerprint density at radius 3 is 2.16 bits per heavy atom. The molecule has 0 spiro atoms. The van der Waals surface area contributed by atoms with E-state index in [9.17, 15) is 13.2 Å². The van der Waals surface area contributed by atoms with E-state index >= 15 is 0 Å². The van der Waals surface area contributed by atoms with Gasteiger partial charge in [0.05, 0.1) is 5.56 Å². The summed E-state index contributed by atoms with van der Waals surface area (Å²) in [6.45, 7) is 0.662. The van der Waals surface area contributed by atoms with E-state index in [0.29, 0.717) is 12.2 Å². The van der Waals surface area contributed by atoms with E-state index in [1.165, 1.54) is 12.1 Å². The van der Waals surface area contributed by atoms with Crippen LogP contribution in [0.1, 0.15) is 11.1 Å². The average molecular weight is 266 g/mol. The minimum Gasteiger partial charge on any atom is -0.385 e. The number of hydrogen-bond donors (Lipinski definition) is 1. The van der Waals surface area contributed by atoms with Gasteiger partial charge < -0.3 is 5.32 Å². The molecule has 0 saturated carbocycles. The lowest BCUT2D eigenvalue weighted by molar-refractivity contribution is -0.137. The summed E-state index contributed by atoms with van der Waals surface area (Å²) in [4.78, 5) is 3.92. The third-order valence-electron chi connectivity index (χ3n) is 2.70. The van der Waals surface area contributed by atoms with Crippen LogP contribution in [0.3, 0.4) is 0 Å². The fourth-order valence-corrected chi connectivity index (χ4v) is 1.68. The molecule has 1 aromatic carbocycles. The molecule has 0 aliphatic heterocycles. The van der Waals surface area contributed by atoms with Crippen molar-refractivity contribution in [2.75, 3.05) is 11.9 Å². The SMILES string of the molecule is FC(F)(F)c1ccc(NCCc2ccncc2)cc1. The molecule has 1 aromatic heterocycles. The number of halogens is 3. The van der Waals surface area contributed by atoms with Gasteiger partial charge in [0.25, 0.3) is 0 Å². The molecule has 2 aromatic rings. The molecule has 0 unspecified atom stereocenters. The highest BCUT2D eigenvalue weighted by Crippen LogP contribution is 2.29. The molecule has 19 heavy (non-hydrogen) atoms. The lowest BCUT2D eigenvalue weighted by atomic mass is 10.2. The number of nitrogens with one attached hydrogen (secondary N) is 1. The van der Waals surface area contributed by atoms with Gasteiger partial charge in [0.15, 0.2) is 0 Å². The minimum atomic E-state index is -4.28. The van der Waals surface area contributed by atoms with E-state index < -0.39 is 11.7 Å². The normalized spacial score (nSPS) is 11.3. The molecular weight excluding hydrogens is 253 g/mol. The van der Waals surface area contributed by atoms with Crippen molar-refractivity contribution in [3.63, 3.8) is 0 Å². The first-order valence-corrected chi connectivity index (χ1v) is 5.86. The van der Waals surface area contributed by atoms with Gasteiger partial charge in [-0.1, -0.05) is 0 Å². The molecule has 0 bridgehead atoms. The molecule has 1 N–H and O–H groups in total. The first-order valence-electron chi connectivity index (χ1n) is 5.86. The molecule has 0 fully saturated rings. The summed E-state index contributed by atoms with van der Waals surface area (Å²) in [5, 5.41) is 3.08. The van der Waals surface area contributed by atoms with E-state index in [1.54, 1.807) is 12.4 Å². The molecule has 1 heterocycles. The number of nitrogens with zero attached hydrogens (tertiary/aromatic N) is 1. The predicted octanol–water partition coefficient (Wildman–Crippen LogP) is 3.76. The van der Waals surface area contributed by atoms with Crippen LogP contribution in [-0.2, 0) is 12.6 Å². The molecule has 0 amide bonds. The molecule has 2 nitrogen and oxygen atoms in total. The first-order chi connectivity index (χ1) is 9.05. The van der Waals surface area contributed by atoms with Crippen LogP contribution < -0.4 is 5.32 Å². The number of anilines is 1. The predicted molar refractivity (Wildman–Crippen MR) is 67.9 cm³/mol. The van der Waals surface area contributed by atoms with E-state index in [0.717, 1.165) is 24.1 Å². The molecule has 0 radical (unpaired) electrons. The van der Waals surface area contributed by atoms with Crippen LogP contribution in [0.15, 0.2) is 48.8 Å². The van der Waals surface area contributed by atoms with E-state index in [4.69, 9.17) is 0 Å². The second-order valence-electron chi connectivity index (χ2n) is 4.11. The lowest BCUT2D eigenvalue weighted by Crippen LogP contribution is -2.07. The zero-order valence-corrected chi connectivity index (χ0v) is 10.1. The largest absolute Gasteiger partial charge is 0.416 e. The summed E-state index contributed by atoms with van der Waals surface area (Å²) in [5.74, 6) is 0. The van der Waals surface area contributed by atoms with Crippen LogP contribution in [0, 0.1) is 0 Å². The zero-order chi connectivity index (χ0) is 13.7. The first kappa shape index (κ1) is 13.4. The zero-order valence-electron chi connectivity index (χ0n) is 10.1. The Kier molecular flexibility index (Phi) is 4.04. The quantitative estimate of drug-likeness (QED) is 0.911. The van der Waals surface area contributed by atoms with Gasteiger partial charge in [-0.2, -0.15) is 13.2 Å². The lowest BCUT2D eigenvalue weighted by Gasteiger charge is -2.09. The van der Waals surface area contributed by atoms with Crippen LogP contribution in [-0.4, -0.2) is 11.5 Å². The van der Waals surface area contributed by atoms with Crippen LogP contribution in [0.5, 0.6) is 0 Å². The van der Waals surface area contributed by atoms with Crippen LogP contribution in [0.4, 0.5) is 18.9 Å². The molecular formula is C14H13F3N2. The highest BCUT2D eigenvalue weighted by Gasteiger charge is 2.29. The summed E-state index contributed by atoms with van der Waals surface area (Å²) in [7, 11) is 0. The molecule has 5 heteroatoms. The standard InChI is InChI=1S/C14H13F3N2/c15-14(16,17)12-1-3-13(4-2-12)19-10-7-11-5-8-18-9-6-11/h1-6,8-9,19H,7,10H2. The van der Waals surface area contributed by atoms with Gasteiger partial charge in [0, 0.05) is 24.6 Å². The molecule has 2 rings (SSSR count). The maximum Gasteiger partial charge on any atom is 0.416 e. The van der Waals surface area contributed by atoms with Crippen molar-refractivity contribution in [3.8, 4) is 0 Å². The van der Waals surface area contributed by atoms with Crippen molar-refractivity contribution < 1.29 is 13.2 Å². The molecule has 0 aliphatic carbocycles. The van der Waals surface area contributed by atoms with Crippen molar-refractivity contribution in [2.45, 2.75) is 12.6 Å². The second-order valence-corrected chi connectivity index (χ2v) is 4.11. The number of hydrogen-bond acceptors (Lipinski definition) is 2. The fourth-order valence-electron chi connectivity index (χ4n) is 1.68. The number of rotatable bonds is 4. The average Bonchev–Trinajstić information content (AvgIpc) is 2.39. The van der Waals surface area contributed by atoms with Crippen molar-refractivity contribution in [2.24, 2.45) is 0 Å². The summed E-state index contributed by atoms with van der Waals surface area (Å²) >= 11 is 0. The third-order valence-corrected chi connectivity index (χ3v) is 2.70. The van der Waals surface area contributed by atoms with Crippen molar-refractivity contribution >= 4 is 5.69 Å². The van der Waals surface area contributed by atoms with Gasteiger partial charge in [-0.05, 0) is 48.4 Å². The second kappa shape index (κ2) is 5.73. The minimum absolute atomic E-state index is 0.632. The topological polar surface area (TPSA) is 24.9 Å². The highest BCUT2D eigenvalue weighted by atomic mass is 19.4. The Morgan fingerprint density at radius 1 is 0.947 bits per heavy atom. The van der Waals surface area contributed by atoms with Crippen LogP contribution in [0.25, 0.3) is 0 Å². The third kappa shape index (κ3) is 3.98. The Morgan fingerprint density at radius 2 is 1.58 bits per heavy atom. The summed E-state index contributed by atoms with van der Waals surface area (Å²) in [6, 6.07) is 8.86. The van der Waals surface area contributed by atoms with Gasteiger partial charge in [0.2, 0.25) is 0 Å². The van der Waals surface area contributed by atoms with Gasteiger partial charge in [-0.3, -0.25) is 4.98 Å². The summed E-state index contributed by atoms with van der Waals surface area (Å²) in [6.07, 6.45) is -0.0555. The summed E-state index contributed by atoms with van der Waals surface area (Å²) < 4.78 is 37.1. The van der Waals surface area contributed by atoms with Crippen molar-refractivity contribution in [1.29, 1.82) is 0 Å². The number of alkyl halides is 3. The van der Waals surface area contributed by atoms with Gasteiger partial charge in [-0.15, -0.1) is 0 Å². The maximum atomic E-state index is 12.4. The Balaban J connectivity index is 1.87. The molecule has 0 aliphatic rings. The monoisotopic (exact) mass is 266 g/mol. The highest BCUT2D eigenvalue weighted by molar-refractivity contribution is 5.45. The molecule has 100 valence electrons. The number of pyridine rings is 1. The van der Waals surface area contributed by atoms with Gasteiger partial charge >= 0.3 is 6.18 Å². The maximum absolute atomic E-state index is 12.4. The van der Waals surface area contributed by atoms with Gasteiger partial charge in [-0.25, -0.2) is 0 Å². The molecule has 0 atom stereocenters. The van der Waals surface area contributed by atoms with E-state index in [-0.39, 0.29) is 0 Å². The van der Waals surface area contributed by atoms with Gasteiger partial charge in [0.1, 0.15) is 0 Å². The Bertz CT molecular complexity index is 506. The van der Waals surface area contributed by atoms with Crippen molar-refractivity contribution in [1.82, 2.24) is 4.98 Å². The fraction of sp³-hybridized carbons (Fsp3) is 0.214. The summed E-state index contributed by atoms with van der Waals surface area (Å²) in [5.41, 5.74) is 1.18. The van der Waals surface area contributed by atoms with E-state index in [2.05, 4.69) is 10.3 Å². The smallest absolute Gasteiger partial charge is 0.385 e. The number of benzene rings is 1.